The maximum Gasteiger partial charge on any atom is 0.266 e. The standard InChI is InChI=1S/C12H12N2OS/c15-12-6-5-10(11-2-1-7-16-11)13-14(12)8-9-3-4-9/h1-2,5-7,9H,3-4,8H2. The van der Waals surface area contributed by atoms with Crippen LogP contribution in [0.3, 0.4) is 0 Å². The van der Waals surface area contributed by atoms with E-state index in [4.69, 9.17) is 0 Å². The zero-order chi connectivity index (χ0) is 11.0. The Morgan fingerprint density at radius 2 is 2.25 bits per heavy atom. The van der Waals surface area contributed by atoms with Crippen LogP contribution in [0.4, 0.5) is 0 Å². The third kappa shape index (κ3) is 1.93. The quantitative estimate of drug-likeness (QED) is 0.814. The van der Waals surface area contributed by atoms with Gasteiger partial charge in [-0.25, -0.2) is 4.68 Å². The second-order valence-electron chi connectivity index (χ2n) is 4.16. The van der Waals surface area contributed by atoms with Gasteiger partial charge in [-0.1, -0.05) is 6.07 Å². The van der Waals surface area contributed by atoms with E-state index in [0.29, 0.717) is 5.92 Å². The predicted octanol–water partition coefficient (Wildman–Crippen LogP) is 2.38. The van der Waals surface area contributed by atoms with Crippen LogP contribution >= 0.6 is 11.3 Å². The summed E-state index contributed by atoms with van der Waals surface area (Å²) < 4.78 is 1.60. The van der Waals surface area contributed by atoms with Crippen molar-refractivity contribution in [3.63, 3.8) is 0 Å². The number of rotatable bonds is 3. The van der Waals surface area contributed by atoms with E-state index in [9.17, 15) is 4.79 Å². The lowest BCUT2D eigenvalue weighted by atomic mass is 10.3. The molecule has 0 unspecified atom stereocenters. The van der Waals surface area contributed by atoms with Crippen molar-refractivity contribution in [3.05, 3.63) is 40.0 Å². The highest BCUT2D eigenvalue weighted by molar-refractivity contribution is 7.13. The molecule has 82 valence electrons. The summed E-state index contributed by atoms with van der Waals surface area (Å²) in [5.41, 5.74) is 0.905. The van der Waals surface area contributed by atoms with Crippen molar-refractivity contribution >= 4 is 11.3 Å². The van der Waals surface area contributed by atoms with Crippen LogP contribution in [0.25, 0.3) is 10.6 Å². The van der Waals surface area contributed by atoms with E-state index >= 15 is 0 Å². The van der Waals surface area contributed by atoms with Crippen LogP contribution in [0.15, 0.2) is 34.4 Å². The Kier molecular flexibility index (Phi) is 2.36. The van der Waals surface area contributed by atoms with Crippen LogP contribution < -0.4 is 5.56 Å². The number of hydrogen-bond acceptors (Lipinski definition) is 3. The van der Waals surface area contributed by atoms with Crippen molar-refractivity contribution in [2.45, 2.75) is 19.4 Å². The minimum atomic E-state index is 0.00667. The maximum atomic E-state index is 11.6. The SMILES string of the molecule is O=c1ccc(-c2cccs2)nn1CC1CC1. The van der Waals surface area contributed by atoms with Gasteiger partial charge in [0.05, 0.1) is 4.88 Å². The fourth-order valence-corrected chi connectivity index (χ4v) is 2.37. The molecule has 3 nitrogen and oxygen atoms in total. The first-order valence-electron chi connectivity index (χ1n) is 5.45. The molecule has 0 spiro atoms. The molecule has 3 rings (SSSR count). The van der Waals surface area contributed by atoms with Crippen LogP contribution in [0, 0.1) is 5.92 Å². The van der Waals surface area contributed by atoms with Gasteiger partial charge in [-0.3, -0.25) is 4.79 Å². The fraction of sp³-hybridized carbons (Fsp3) is 0.333. The van der Waals surface area contributed by atoms with Crippen molar-refractivity contribution in [1.29, 1.82) is 0 Å². The molecule has 0 aromatic carbocycles. The predicted molar refractivity (Wildman–Crippen MR) is 64.5 cm³/mol. The van der Waals surface area contributed by atoms with E-state index in [1.54, 1.807) is 28.2 Å². The second-order valence-corrected chi connectivity index (χ2v) is 5.11. The lowest BCUT2D eigenvalue weighted by Crippen LogP contribution is -2.22. The molecule has 0 amide bonds. The molecule has 16 heavy (non-hydrogen) atoms. The van der Waals surface area contributed by atoms with E-state index in [-0.39, 0.29) is 5.56 Å². The summed E-state index contributed by atoms with van der Waals surface area (Å²) in [5, 5.41) is 6.43. The molecule has 0 N–H and O–H groups in total. The van der Waals surface area contributed by atoms with Crippen LogP contribution in [0.2, 0.25) is 0 Å². The van der Waals surface area contributed by atoms with Gasteiger partial charge in [0.1, 0.15) is 5.69 Å². The minimum absolute atomic E-state index is 0.00667. The van der Waals surface area contributed by atoms with Crippen LogP contribution in [-0.4, -0.2) is 9.78 Å². The van der Waals surface area contributed by atoms with Gasteiger partial charge >= 0.3 is 0 Å². The monoisotopic (exact) mass is 232 g/mol. The van der Waals surface area contributed by atoms with E-state index in [2.05, 4.69) is 5.10 Å². The third-order valence-corrected chi connectivity index (χ3v) is 3.66. The maximum absolute atomic E-state index is 11.6. The van der Waals surface area contributed by atoms with Crippen LogP contribution in [-0.2, 0) is 6.54 Å². The van der Waals surface area contributed by atoms with Crippen molar-refractivity contribution in [1.82, 2.24) is 9.78 Å². The van der Waals surface area contributed by atoms with E-state index in [1.807, 2.05) is 17.5 Å². The van der Waals surface area contributed by atoms with Crippen molar-refractivity contribution in [3.8, 4) is 10.6 Å². The molecule has 2 aromatic rings. The summed E-state index contributed by atoms with van der Waals surface area (Å²) in [6.45, 7) is 0.776. The molecule has 1 saturated carbocycles. The highest BCUT2D eigenvalue weighted by atomic mass is 32.1. The van der Waals surface area contributed by atoms with Gasteiger partial charge in [0.15, 0.2) is 0 Å². The largest absolute Gasteiger partial charge is 0.268 e. The zero-order valence-corrected chi connectivity index (χ0v) is 9.61. The molecule has 2 aromatic heterocycles. The van der Waals surface area contributed by atoms with E-state index in [1.165, 1.54) is 12.8 Å². The van der Waals surface area contributed by atoms with Gasteiger partial charge in [0.25, 0.3) is 5.56 Å². The lowest BCUT2D eigenvalue weighted by Gasteiger charge is -2.04. The average molecular weight is 232 g/mol. The summed E-state index contributed by atoms with van der Waals surface area (Å²) in [6.07, 6.45) is 2.47. The molecule has 0 saturated heterocycles. The molecular weight excluding hydrogens is 220 g/mol. The average Bonchev–Trinajstić information content (AvgIpc) is 2.94. The third-order valence-electron chi connectivity index (χ3n) is 2.77. The summed E-state index contributed by atoms with van der Waals surface area (Å²) in [4.78, 5) is 12.7. The number of thiophene rings is 1. The molecule has 2 heterocycles. The number of aromatic nitrogens is 2. The van der Waals surface area contributed by atoms with Crippen LogP contribution in [0.5, 0.6) is 0 Å². The summed E-state index contributed by atoms with van der Waals surface area (Å²) in [7, 11) is 0. The Labute approximate surface area is 97.4 Å². The number of nitrogens with zero attached hydrogens (tertiary/aromatic N) is 2. The molecule has 0 atom stereocenters. The Balaban J connectivity index is 1.98. The topological polar surface area (TPSA) is 34.9 Å². The Morgan fingerprint density at radius 3 is 2.94 bits per heavy atom. The molecule has 1 aliphatic rings. The van der Waals surface area contributed by atoms with Crippen molar-refractivity contribution in [2.75, 3.05) is 0 Å². The first-order valence-corrected chi connectivity index (χ1v) is 6.33. The van der Waals surface area contributed by atoms with E-state index < -0.39 is 0 Å². The van der Waals surface area contributed by atoms with Gasteiger partial charge in [-0.05, 0) is 36.3 Å². The zero-order valence-electron chi connectivity index (χ0n) is 8.80. The molecule has 0 bridgehead atoms. The molecule has 4 heteroatoms. The Bertz CT molecular complexity index is 540. The van der Waals surface area contributed by atoms with Gasteiger partial charge in [0.2, 0.25) is 0 Å². The Hall–Kier alpha value is -1.42. The van der Waals surface area contributed by atoms with Crippen molar-refractivity contribution < 1.29 is 0 Å². The molecule has 1 fully saturated rings. The summed E-state index contributed by atoms with van der Waals surface area (Å²) >= 11 is 1.65. The smallest absolute Gasteiger partial charge is 0.266 e. The number of hydrogen-bond donors (Lipinski definition) is 0. The summed E-state index contributed by atoms with van der Waals surface area (Å²) in [5.74, 6) is 0.670. The second kappa shape index (κ2) is 3.87. The van der Waals surface area contributed by atoms with E-state index in [0.717, 1.165) is 17.1 Å². The van der Waals surface area contributed by atoms with Crippen LogP contribution in [0.1, 0.15) is 12.8 Å². The molecule has 0 radical (unpaired) electrons. The lowest BCUT2D eigenvalue weighted by molar-refractivity contribution is 0.536. The highest BCUT2D eigenvalue weighted by Gasteiger charge is 2.22. The van der Waals surface area contributed by atoms with Gasteiger partial charge < -0.3 is 0 Å². The highest BCUT2D eigenvalue weighted by Crippen LogP contribution is 2.30. The van der Waals surface area contributed by atoms with Gasteiger partial charge in [-0.15, -0.1) is 11.3 Å². The first kappa shape index (κ1) is 9.78. The molecular formula is C12H12N2OS. The van der Waals surface area contributed by atoms with Crippen molar-refractivity contribution in [2.24, 2.45) is 5.92 Å². The fourth-order valence-electron chi connectivity index (χ4n) is 1.68. The minimum Gasteiger partial charge on any atom is -0.268 e. The van der Waals surface area contributed by atoms with Gasteiger partial charge in [0, 0.05) is 12.6 Å². The Morgan fingerprint density at radius 1 is 1.38 bits per heavy atom. The summed E-state index contributed by atoms with van der Waals surface area (Å²) in [6, 6.07) is 7.44. The molecule has 1 aliphatic carbocycles. The molecule has 0 aliphatic heterocycles. The normalized spacial score (nSPS) is 15.2. The van der Waals surface area contributed by atoms with Gasteiger partial charge in [-0.2, -0.15) is 5.10 Å². The first-order chi connectivity index (χ1) is 7.83.